The molecule has 0 aromatic heterocycles. The van der Waals surface area contributed by atoms with Crippen molar-refractivity contribution in [2.75, 3.05) is 32.3 Å². The third-order valence-corrected chi connectivity index (χ3v) is 5.14. The molecule has 0 fully saturated rings. The van der Waals surface area contributed by atoms with Crippen molar-refractivity contribution in [2.24, 2.45) is 0 Å². The van der Waals surface area contributed by atoms with Crippen molar-refractivity contribution in [1.29, 1.82) is 0 Å². The highest BCUT2D eigenvalue weighted by Gasteiger charge is 2.12. The molecule has 1 atom stereocenters. The molecule has 1 N–H and O–H groups in total. The Morgan fingerprint density at radius 1 is 1.00 bits per heavy atom. The van der Waals surface area contributed by atoms with Crippen LogP contribution in [0, 0.1) is 0 Å². The number of methoxy groups -OCH3 is 1. The van der Waals surface area contributed by atoms with E-state index in [2.05, 4.69) is 5.32 Å². The molecule has 5 nitrogen and oxygen atoms in total. The lowest BCUT2D eigenvalue weighted by Gasteiger charge is -2.12. The fraction of sp³-hybridized carbons (Fsp3) is 0.400. The van der Waals surface area contributed by atoms with Gasteiger partial charge in [0.25, 0.3) is 0 Å². The third-order valence-electron chi connectivity index (χ3n) is 4.04. The Bertz CT molecular complexity index is 770. The summed E-state index contributed by atoms with van der Waals surface area (Å²) in [6.07, 6.45) is 1.27. The second kappa shape index (κ2) is 9.59. The van der Waals surface area contributed by atoms with Crippen LogP contribution >= 0.6 is 0 Å². The van der Waals surface area contributed by atoms with Crippen LogP contribution < -0.4 is 14.8 Å². The van der Waals surface area contributed by atoms with E-state index in [1.54, 1.807) is 7.11 Å². The Morgan fingerprint density at radius 3 is 2.19 bits per heavy atom. The first-order valence-corrected chi connectivity index (χ1v) is 10.7. The predicted molar refractivity (Wildman–Crippen MR) is 105 cm³/mol. The van der Waals surface area contributed by atoms with Gasteiger partial charge in [0.2, 0.25) is 0 Å². The lowest BCUT2D eigenvalue weighted by molar-refractivity contribution is 0.313. The molecular formula is C20H27NO4S. The van der Waals surface area contributed by atoms with Gasteiger partial charge in [0.1, 0.15) is 27.9 Å². The van der Waals surface area contributed by atoms with Gasteiger partial charge in [0, 0.05) is 19.3 Å². The van der Waals surface area contributed by atoms with Gasteiger partial charge in [-0.3, -0.25) is 0 Å². The van der Waals surface area contributed by atoms with E-state index in [-0.39, 0.29) is 11.7 Å². The molecule has 26 heavy (non-hydrogen) atoms. The van der Waals surface area contributed by atoms with Crippen LogP contribution in [0.3, 0.4) is 0 Å². The van der Waals surface area contributed by atoms with Gasteiger partial charge in [0.15, 0.2) is 0 Å². The summed E-state index contributed by atoms with van der Waals surface area (Å²) < 4.78 is 33.6. The van der Waals surface area contributed by atoms with Crippen LogP contribution in [0.25, 0.3) is 0 Å². The fourth-order valence-electron chi connectivity index (χ4n) is 2.66. The molecule has 0 aliphatic rings. The van der Waals surface area contributed by atoms with Gasteiger partial charge >= 0.3 is 0 Å². The molecule has 0 radical (unpaired) electrons. The zero-order valence-electron chi connectivity index (χ0n) is 15.6. The number of rotatable bonds is 10. The minimum absolute atomic E-state index is 0.00454. The number of benzene rings is 2. The molecule has 0 aliphatic heterocycles. The third kappa shape index (κ3) is 7.06. The van der Waals surface area contributed by atoms with Crippen molar-refractivity contribution in [2.45, 2.75) is 19.4 Å². The number of hydrogen-bond donors (Lipinski definition) is 1. The minimum atomic E-state index is -2.96. The van der Waals surface area contributed by atoms with Crippen LogP contribution in [0.1, 0.15) is 24.0 Å². The first kappa shape index (κ1) is 20.3. The van der Waals surface area contributed by atoms with Gasteiger partial charge in [-0.1, -0.05) is 31.2 Å². The lowest BCUT2D eigenvalue weighted by Crippen LogP contribution is -2.20. The van der Waals surface area contributed by atoms with Gasteiger partial charge < -0.3 is 14.8 Å². The Balaban J connectivity index is 1.70. The topological polar surface area (TPSA) is 64.6 Å². The van der Waals surface area contributed by atoms with E-state index >= 15 is 0 Å². The summed E-state index contributed by atoms with van der Waals surface area (Å²) in [5.74, 6) is 1.80. The van der Waals surface area contributed by atoms with Crippen molar-refractivity contribution in [3.8, 4) is 11.5 Å². The number of hydrogen-bond acceptors (Lipinski definition) is 5. The van der Waals surface area contributed by atoms with Crippen LogP contribution in [-0.4, -0.2) is 40.7 Å². The zero-order chi connectivity index (χ0) is 19.0. The van der Waals surface area contributed by atoms with Crippen LogP contribution in [0.15, 0.2) is 48.5 Å². The summed E-state index contributed by atoms with van der Waals surface area (Å²) in [5, 5.41) is 3.34. The van der Waals surface area contributed by atoms with Gasteiger partial charge in [-0.2, -0.15) is 0 Å². The Hall–Kier alpha value is -2.05. The van der Waals surface area contributed by atoms with Crippen LogP contribution in [0.2, 0.25) is 0 Å². The maximum absolute atomic E-state index is 11.4. The number of ether oxygens (including phenoxy) is 2. The predicted octanol–water partition coefficient (Wildman–Crippen LogP) is 3.01. The summed E-state index contributed by atoms with van der Waals surface area (Å²) >= 11 is 0. The molecule has 142 valence electrons. The highest BCUT2D eigenvalue weighted by Crippen LogP contribution is 2.18. The van der Waals surface area contributed by atoms with Crippen LogP contribution in [0.4, 0.5) is 0 Å². The van der Waals surface area contributed by atoms with E-state index in [4.69, 9.17) is 9.47 Å². The van der Waals surface area contributed by atoms with Gasteiger partial charge in [-0.15, -0.1) is 0 Å². The minimum Gasteiger partial charge on any atom is -0.497 e. The van der Waals surface area contributed by atoms with Crippen molar-refractivity contribution in [1.82, 2.24) is 5.32 Å². The first-order chi connectivity index (χ1) is 12.4. The molecule has 0 bridgehead atoms. The molecule has 2 aromatic rings. The maximum Gasteiger partial charge on any atom is 0.148 e. The molecule has 0 aliphatic carbocycles. The average molecular weight is 378 g/mol. The normalized spacial score (nSPS) is 12.6. The lowest BCUT2D eigenvalue weighted by atomic mass is 10.0. The second-order valence-corrected chi connectivity index (χ2v) is 8.62. The summed E-state index contributed by atoms with van der Waals surface area (Å²) in [7, 11) is -1.32. The Labute approximate surface area is 156 Å². The first-order valence-electron chi connectivity index (χ1n) is 8.61. The molecule has 0 saturated carbocycles. The van der Waals surface area contributed by atoms with Crippen LogP contribution in [0.5, 0.6) is 11.5 Å². The van der Waals surface area contributed by atoms with Crippen molar-refractivity contribution in [3.63, 3.8) is 0 Å². The summed E-state index contributed by atoms with van der Waals surface area (Å²) in [6, 6.07) is 15.6. The molecule has 0 heterocycles. The number of sulfone groups is 1. The summed E-state index contributed by atoms with van der Waals surface area (Å²) in [6.45, 7) is 3.99. The van der Waals surface area contributed by atoms with E-state index in [1.807, 2.05) is 55.5 Å². The molecule has 6 heteroatoms. The molecular weight excluding hydrogens is 350 g/mol. The molecule has 0 amide bonds. The molecule has 0 saturated heterocycles. The SMILES string of the molecule is COc1ccc(OCCNCc2ccc([C@@H](C)CS(C)(=O)=O)cc2)cc1. The maximum atomic E-state index is 11.4. The Kier molecular flexibility index (Phi) is 7.48. The number of nitrogens with one attached hydrogen (secondary N) is 1. The highest BCUT2D eigenvalue weighted by atomic mass is 32.2. The molecule has 2 aromatic carbocycles. The molecule has 2 rings (SSSR count). The van der Waals surface area contributed by atoms with Gasteiger partial charge in [-0.25, -0.2) is 8.42 Å². The molecule has 0 unspecified atom stereocenters. The zero-order valence-corrected chi connectivity index (χ0v) is 16.4. The Morgan fingerprint density at radius 2 is 1.62 bits per heavy atom. The highest BCUT2D eigenvalue weighted by molar-refractivity contribution is 7.90. The van der Waals surface area contributed by atoms with E-state index in [0.29, 0.717) is 6.61 Å². The van der Waals surface area contributed by atoms with Crippen molar-refractivity contribution >= 4 is 9.84 Å². The largest absolute Gasteiger partial charge is 0.497 e. The molecule has 0 spiro atoms. The quantitative estimate of drug-likeness (QED) is 0.645. The van der Waals surface area contributed by atoms with Gasteiger partial charge in [0.05, 0.1) is 12.9 Å². The summed E-state index contributed by atoms with van der Waals surface area (Å²) in [4.78, 5) is 0. The monoisotopic (exact) mass is 377 g/mol. The standard InChI is InChI=1S/C20H27NO4S/c1-16(15-26(3,22)23)18-6-4-17(5-7-18)14-21-12-13-25-20-10-8-19(24-2)9-11-20/h4-11,16,21H,12-15H2,1-3H3/t16-/m0/s1. The summed E-state index contributed by atoms with van der Waals surface area (Å²) in [5.41, 5.74) is 2.20. The van der Waals surface area contributed by atoms with Crippen LogP contribution in [-0.2, 0) is 16.4 Å². The van der Waals surface area contributed by atoms with E-state index in [9.17, 15) is 8.42 Å². The van der Waals surface area contributed by atoms with Crippen molar-refractivity contribution < 1.29 is 17.9 Å². The second-order valence-electron chi connectivity index (χ2n) is 6.44. The van der Waals surface area contributed by atoms with Crippen molar-refractivity contribution in [3.05, 3.63) is 59.7 Å². The average Bonchev–Trinajstić information content (AvgIpc) is 2.61. The fourth-order valence-corrected chi connectivity index (χ4v) is 3.76. The van der Waals surface area contributed by atoms with E-state index in [1.165, 1.54) is 6.26 Å². The van der Waals surface area contributed by atoms with Gasteiger partial charge in [-0.05, 0) is 41.3 Å². The van der Waals surface area contributed by atoms with E-state index < -0.39 is 9.84 Å². The smallest absolute Gasteiger partial charge is 0.148 e. The van der Waals surface area contributed by atoms with E-state index in [0.717, 1.165) is 35.7 Å².